The van der Waals surface area contributed by atoms with Gasteiger partial charge in [-0.3, -0.25) is 9.69 Å². The van der Waals surface area contributed by atoms with Crippen LogP contribution >= 0.6 is 22.6 Å². The van der Waals surface area contributed by atoms with E-state index >= 15 is 0 Å². The van der Waals surface area contributed by atoms with Crippen LogP contribution in [0.5, 0.6) is 0 Å². The first-order valence-electron chi connectivity index (χ1n) is 6.04. The zero-order chi connectivity index (χ0) is 13.4. The summed E-state index contributed by atoms with van der Waals surface area (Å²) < 4.78 is 1.14. The number of hydrogen-bond donors (Lipinski definition) is 2. The second kappa shape index (κ2) is 8.44. The summed E-state index contributed by atoms with van der Waals surface area (Å²) in [6, 6.07) is 7.67. The Labute approximate surface area is 122 Å². The highest BCUT2D eigenvalue weighted by molar-refractivity contribution is 14.1. The molecule has 1 aromatic rings. The molecule has 100 valence electrons. The lowest BCUT2D eigenvalue weighted by Crippen LogP contribution is -2.35. The normalized spacial score (nSPS) is 10.7. The fraction of sp³-hybridized carbons (Fsp3) is 0.462. The number of amides is 1. The quantitative estimate of drug-likeness (QED) is 0.729. The first-order valence-corrected chi connectivity index (χ1v) is 7.12. The van der Waals surface area contributed by atoms with Gasteiger partial charge in [-0.25, -0.2) is 0 Å². The van der Waals surface area contributed by atoms with Crippen LogP contribution in [0.4, 0.5) is 5.69 Å². The Morgan fingerprint density at radius 3 is 2.56 bits per heavy atom. The number of anilines is 1. The Morgan fingerprint density at radius 2 is 2.00 bits per heavy atom. The highest BCUT2D eigenvalue weighted by Gasteiger charge is 2.09. The van der Waals surface area contributed by atoms with Crippen molar-refractivity contribution in [1.82, 2.24) is 4.90 Å². The predicted octanol–water partition coefficient (Wildman–Crippen LogP) is 1.93. The highest BCUT2D eigenvalue weighted by atomic mass is 127. The van der Waals surface area contributed by atoms with Gasteiger partial charge in [0.1, 0.15) is 0 Å². The van der Waals surface area contributed by atoms with Crippen LogP contribution < -0.4 is 5.32 Å². The van der Waals surface area contributed by atoms with Gasteiger partial charge in [-0.2, -0.15) is 0 Å². The third-order valence-corrected chi connectivity index (χ3v) is 3.17. The minimum Gasteiger partial charge on any atom is -0.395 e. The van der Waals surface area contributed by atoms with Crippen molar-refractivity contribution in [1.29, 1.82) is 0 Å². The van der Waals surface area contributed by atoms with Crippen molar-refractivity contribution in [2.75, 3.05) is 31.6 Å². The number of carbonyl (C=O) groups excluding carboxylic acids is 1. The number of halogens is 1. The van der Waals surface area contributed by atoms with Crippen LogP contribution in [0.2, 0.25) is 0 Å². The van der Waals surface area contributed by atoms with Gasteiger partial charge in [0.2, 0.25) is 5.91 Å². The van der Waals surface area contributed by atoms with Crippen LogP contribution in [0.1, 0.15) is 13.3 Å². The van der Waals surface area contributed by atoms with E-state index in [4.69, 9.17) is 5.11 Å². The van der Waals surface area contributed by atoms with Gasteiger partial charge in [-0.15, -0.1) is 0 Å². The minimum atomic E-state index is -0.0434. The van der Waals surface area contributed by atoms with Gasteiger partial charge in [0.15, 0.2) is 0 Å². The fourth-order valence-corrected chi connectivity index (χ4v) is 2.02. The molecule has 4 nitrogen and oxygen atoms in total. The summed E-state index contributed by atoms with van der Waals surface area (Å²) in [6.45, 7) is 3.81. The van der Waals surface area contributed by atoms with Gasteiger partial charge in [0, 0.05) is 15.8 Å². The number of aliphatic hydroxyl groups excluding tert-OH is 1. The second-order valence-electron chi connectivity index (χ2n) is 4.05. The van der Waals surface area contributed by atoms with E-state index in [0.717, 1.165) is 22.2 Å². The van der Waals surface area contributed by atoms with E-state index in [1.165, 1.54) is 0 Å². The molecule has 1 amide bonds. The Kier molecular flexibility index (Phi) is 7.22. The van der Waals surface area contributed by atoms with Gasteiger partial charge in [0.05, 0.1) is 13.2 Å². The molecule has 2 N–H and O–H groups in total. The Hall–Kier alpha value is -0.660. The third-order valence-electron chi connectivity index (χ3n) is 2.45. The predicted molar refractivity (Wildman–Crippen MR) is 81.6 cm³/mol. The molecule has 5 heteroatoms. The Bertz CT molecular complexity index is 362. The molecule has 0 aliphatic heterocycles. The van der Waals surface area contributed by atoms with E-state index in [-0.39, 0.29) is 12.5 Å². The van der Waals surface area contributed by atoms with E-state index in [1.807, 2.05) is 29.2 Å². The number of aliphatic hydroxyl groups is 1. The van der Waals surface area contributed by atoms with Crippen molar-refractivity contribution in [3.05, 3.63) is 27.8 Å². The Morgan fingerprint density at radius 1 is 1.33 bits per heavy atom. The average molecular weight is 362 g/mol. The molecule has 1 aromatic carbocycles. The molecule has 0 saturated carbocycles. The summed E-state index contributed by atoms with van der Waals surface area (Å²) >= 11 is 2.22. The van der Waals surface area contributed by atoms with Gasteiger partial charge in [-0.05, 0) is 59.8 Å². The monoisotopic (exact) mass is 362 g/mol. The smallest absolute Gasteiger partial charge is 0.238 e. The molecule has 0 spiro atoms. The molecule has 0 bridgehead atoms. The SMILES string of the molecule is CCCN(CCO)CC(=O)Nc1ccc(I)cc1. The van der Waals surface area contributed by atoms with Crippen LogP contribution in [0.15, 0.2) is 24.3 Å². The van der Waals surface area contributed by atoms with Crippen LogP contribution in [-0.2, 0) is 4.79 Å². The molecule has 0 aliphatic carbocycles. The van der Waals surface area contributed by atoms with Crippen LogP contribution in [-0.4, -0.2) is 42.2 Å². The van der Waals surface area contributed by atoms with Crippen molar-refractivity contribution in [3.63, 3.8) is 0 Å². The minimum absolute atomic E-state index is 0.0434. The zero-order valence-corrected chi connectivity index (χ0v) is 12.7. The number of hydrogen-bond acceptors (Lipinski definition) is 3. The molecule has 18 heavy (non-hydrogen) atoms. The van der Waals surface area contributed by atoms with E-state index in [2.05, 4.69) is 34.8 Å². The summed E-state index contributed by atoms with van der Waals surface area (Å²) in [5.74, 6) is -0.0434. The number of carbonyl (C=O) groups is 1. The summed E-state index contributed by atoms with van der Waals surface area (Å²) in [5.41, 5.74) is 0.806. The lowest BCUT2D eigenvalue weighted by molar-refractivity contribution is -0.117. The van der Waals surface area contributed by atoms with Crippen molar-refractivity contribution in [3.8, 4) is 0 Å². The molecule has 0 atom stereocenters. The number of nitrogens with one attached hydrogen (secondary N) is 1. The van der Waals surface area contributed by atoms with Crippen molar-refractivity contribution in [2.24, 2.45) is 0 Å². The lowest BCUT2D eigenvalue weighted by Gasteiger charge is -2.19. The topological polar surface area (TPSA) is 52.6 Å². The summed E-state index contributed by atoms with van der Waals surface area (Å²) in [5, 5.41) is 11.8. The van der Waals surface area contributed by atoms with Gasteiger partial charge >= 0.3 is 0 Å². The summed E-state index contributed by atoms with van der Waals surface area (Å²) in [6.07, 6.45) is 0.969. The molecule has 0 aromatic heterocycles. The number of nitrogens with zero attached hydrogens (tertiary/aromatic N) is 1. The van der Waals surface area contributed by atoms with Crippen molar-refractivity contribution in [2.45, 2.75) is 13.3 Å². The first kappa shape index (κ1) is 15.4. The number of rotatable bonds is 7. The molecular weight excluding hydrogens is 343 g/mol. The largest absolute Gasteiger partial charge is 0.395 e. The van der Waals surface area contributed by atoms with Gasteiger partial charge < -0.3 is 10.4 Å². The first-order chi connectivity index (χ1) is 8.65. The standard InChI is InChI=1S/C13H19IN2O2/c1-2-7-16(8-9-17)10-13(18)15-12-5-3-11(14)4-6-12/h3-6,17H,2,7-10H2,1H3,(H,15,18). The molecule has 0 heterocycles. The van der Waals surface area contributed by atoms with Crippen LogP contribution in [0.3, 0.4) is 0 Å². The van der Waals surface area contributed by atoms with Crippen molar-refractivity contribution >= 4 is 34.2 Å². The summed E-state index contributed by atoms with van der Waals surface area (Å²) in [4.78, 5) is 13.8. The number of benzene rings is 1. The lowest BCUT2D eigenvalue weighted by atomic mass is 10.3. The summed E-state index contributed by atoms with van der Waals surface area (Å²) in [7, 11) is 0. The van der Waals surface area contributed by atoms with E-state index in [1.54, 1.807) is 0 Å². The molecule has 0 radical (unpaired) electrons. The maximum Gasteiger partial charge on any atom is 0.238 e. The Balaban J connectivity index is 2.46. The molecule has 0 saturated heterocycles. The molecule has 0 unspecified atom stereocenters. The average Bonchev–Trinajstić information content (AvgIpc) is 2.33. The molecule has 0 fully saturated rings. The van der Waals surface area contributed by atoms with E-state index in [0.29, 0.717) is 13.1 Å². The fourth-order valence-electron chi connectivity index (χ4n) is 1.66. The van der Waals surface area contributed by atoms with Crippen LogP contribution in [0, 0.1) is 3.57 Å². The van der Waals surface area contributed by atoms with E-state index in [9.17, 15) is 4.79 Å². The highest BCUT2D eigenvalue weighted by Crippen LogP contribution is 2.11. The molecule has 0 aliphatic rings. The molecule has 1 rings (SSSR count). The van der Waals surface area contributed by atoms with Crippen LogP contribution in [0.25, 0.3) is 0 Å². The molecular formula is C13H19IN2O2. The van der Waals surface area contributed by atoms with E-state index < -0.39 is 0 Å². The van der Waals surface area contributed by atoms with Gasteiger partial charge in [0.25, 0.3) is 0 Å². The van der Waals surface area contributed by atoms with Gasteiger partial charge in [-0.1, -0.05) is 6.92 Å². The maximum atomic E-state index is 11.8. The third kappa shape index (κ3) is 5.79. The zero-order valence-electron chi connectivity index (χ0n) is 10.5. The van der Waals surface area contributed by atoms with Crippen molar-refractivity contribution < 1.29 is 9.90 Å². The maximum absolute atomic E-state index is 11.8. The second-order valence-corrected chi connectivity index (χ2v) is 5.30.